The average molecular weight is 395 g/mol. The first-order valence-electron chi connectivity index (χ1n) is 8.11. The molecule has 0 saturated carbocycles. The molecule has 0 bridgehead atoms. The maximum Gasteiger partial charge on any atom is 0.240 e. The van der Waals surface area contributed by atoms with E-state index < -0.39 is 0 Å². The zero-order chi connectivity index (χ0) is 17.5. The summed E-state index contributed by atoms with van der Waals surface area (Å²) in [7, 11) is 0. The summed E-state index contributed by atoms with van der Waals surface area (Å²) >= 11 is 3.43. The molecule has 0 heterocycles. The number of anilines is 1. The predicted molar refractivity (Wildman–Crippen MR) is 106 cm³/mol. The van der Waals surface area contributed by atoms with E-state index >= 15 is 0 Å². The Morgan fingerprint density at radius 2 is 1.44 bits per heavy atom. The summed E-state index contributed by atoms with van der Waals surface area (Å²) in [6.07, 6.45) is 0. The molecule has 0 fully saturated rings. The number of carbonyl (C=O) groups is 1. The summed E-state index contributed by atoms with van der Waals surface area (Å²) in [6, 6.07) is 27.6. The summed E-state index contributed by atoms with van der Waals surface area (Å²) < 4.78 is 0.976. The third-order valence-electron chi connectivity index (χ3n) is 3.85. The van der Waals surface area contributed by atoms with Crippen LogP contribution in [0.15, 0.2) is 89.4 Å². The van der Waals surface area contributed by atoms with Gasteiger partial charge in [-0.2, -0.15) is 0 Å². The third-order valence-corrected chi connectivity index (χ3v) is 4.34. The van der Waals surface area contributed by atoms with Crippen LogP contribution in [0.5, 0.6) is 0 Å². The van der Waals surface area contributed by atoms with Gasteiger partial charge in [-0.05, 0) is 29.3 Å². The summed E-state index contributed by atoms with van der Waals surface area (Å²) in [5.74, 6) is -0.0577. The molecule has 0 aliphatic heterocycles. The van der Waals surface area contributed by atoms with Crippen LogP contribution in [0.25, 0.3) is 0 Å². The second-order valence-electron chi connectivity index (χ2n) is 5.69. The Morgan fingerprint density at radius 3 is 2.00 bits per heavy atom. The minimum absolute atomic E-state index is 0.0577. The highest BCUT2D eigenvalue weighted by Crippen LogP contribution is 2.21. The molecule has 3 nitrogen and oxygen atoms in total. The van der Waals surface area contributed by atoms with Crippen LogP contribution in [0.4, 0.5) is 5.69 Å². The molecule has 3 aromatic rings. The topological polar surface area (TPSA) is 41.1 Å². The largest absolute Gasteiger partial charge is 0.376 e. The van der Waals surface area contributed by atoms with Crippen molar-refractivity contribution in [1.82, 2.24) is 5.32 Å². The van der Waals surface area contributed by atoms with Crippen LogP contribution in [0.2, 0.25) is 0 Å². The lowest BCUT2D eigenvalue weighted by Gasteiger charge is -2.20. The normalized spacial score (nSPS) is 10.5. The average Bonchev–Trinajstić information content (AvgIpc) is 2.66. The van der Waals surface area contributed by atoms with E-state index in [4.69, 9.17) is 0 Å². The maximum absolute atomic E-state index is 12.5. The Hall–Kier alpha value is -2.59. The lowest BCUT2D eigenvalue weighted by atomic mass is 9.99. The third kappa shape index (κ3) is 4.94. The molecule has 0 spiro atoms. The zero-order valence-corrected chi connectivity index (χ0v) is 15.2. The molecule has 3 aromatic carbocycles. The monoisotopic (exact) mass is 394 g/mol. The number of carbonyl (C=O) groups excluding carboxylic acids is 1. The van der Waals surface area contributed by atoms with Crippen LogP contribution in [0.3, 0.4) is 0 Å². The molecule has 0 atom stereocenters. The summed E-state index contributed by atoms with van der Waals surface area (Å²) in [4.78, 5) is 12.5. The summed E-state index contributed by atoms with van der Waals surface area (Å²) in [5, 5.41) is 6.27. The molecule has 25 heavy (non-hydrogen) atoms. The number of rotatable bonds is 6. The number of amides is 1. The van der Waals surface area contributed by atoms with Crippen molar-refractivity contribution in [3.05, 3.63) is 101 Å². The van der Waals surface area contributed by atoms with E-state index in [1.54, 1.807) is 0 Å². The fourth-order valence-corrected chi connectivity index (χ4v) is 3.04. The summed E-state index contributed by atoms with van der Waals surface area (Å²) in [5.41, 5.74) is 3.02. The minimum Gasteiger partial charge on any atom is -0.376 e. The number of hydrogen-bond donors (Lipinski definition) is 2. The van der Waals surface area contributed by atoms with Gasteiger partial charge in [0.2, 0.25) is 5.91 Å². The van der Waals surface area contributed by atoms with Gasteiger partial charge in [-0.15, -0.1) is 0 Å². The van der Waals surface area contributed by atoms with Crippen molar-refractivity contribution in [3.8, 4) is 0 Å². The molecule has 2 N–H and O–H groups in total. The Morgan fingerprint density at radius 1 is 0.840 bits per heavy atom. The van der Waals surface area contributed by atoms with E-state index in [9.17, 15) is 4.79 Å². The maximum atomic E-state index is 12.5. The molecule has 0 unspecified atom stereocenters. The van der Waals surface area contributed by atoms with Gasteiger partial charge < -0.3 is 10.6 Å². The van der Waals surface area contributed by atoms with Gasteiger partial charge in [0.25, 0.3) is 0 Å². The second kappa shape index (κ2) is 8.49. The molecule has 0 aliphatic carbocycles. The van der Waals surface area contributed by atoms with Gasteiger partial charge in [0.15, 0.2) is 0 Å². The quantitative estimate of drug-likeness (QED) is 0.632. The van der Waals surface area contributed by atoms with Crippen molar-refractivity contribution in [2.24, 2.45) is 0 Å². The second-order valence-corrected chi connectivity index (χ2v) is 6.60. The molecule has 0 radical (unpaired) electrons. The fraction of sp³-hybridized carbons (Fsp3) is 0.0952. The smallest absolute Gasteiger partial charge is 0.240 e. The molecular weight excluding hydrogens is 376 g/mol. The van der Waals surface area contributed by atoms with Gasteiger partial charge in [0, 0.05) is 10.2 Å². The highest BCUT2D eigenvalue weighted by molar-refractivity contribution is 9.10. The molecule has 0 saturated heterocycles. The van der Waals surface area contributed by atoms with Crippen molar-refractivity contribution in [1.29, 1.82) is 0 Å². The number of halogens is 1. The summed E-state index contributed by atoms with van der Waals surface area (Å²) in [6.45, 7) is 0.215. The molecule has 1 amide bonds. The molecule has 4 heteroatoms. The lowest BCUT2D eigenvalue weighted by Crippen LogP contribution is -2.33. The van der Waals surface area contributed by atoms with Gasteiger partial charge in [-0.1, -0.05) is 82.7 Å². The minimum atomic E-state index is -0.167. The van der Waals surface area contributed by atoms with Crippen molar-refractivity contribution in [2.75, 3.05) is 11.9 Å². The standard InChI is InChI=1S/C21H19BrN2O/c22-18-12-7-13-19(14-18)23-15-20(25)24-21(16-8-3-1-4-9-16)17-10-5-2-6-11-17/h1-14,21,23H,15H2,(H,24,25). The van der Waals surface area contributed by atoms with Gasteiger partial charge in [0.1, 0.15) is 0 Å². The highest BCUT2D eigenvalue weighted by Gasteiger charge is 2.16. The van der Waals surface area contributed by atoms with Crippen molar-refractivity contribution in [2.45, 2.75) is 6.04 Å². The van der Waals surface area contributed by atoms with E-state index in [-0.39, 0.29) is 18.5 Å². The van der Waals surface area contributed by atoms with Crippen LogP contribution in [-0.4, -0.2) is 12.5 Å². The van der Waals surface area contributed by atoms with Crippen molar-refractivity contribution >= 4 is 27.5 Å². The number of hydrogen-bond acceptors (Lipinski definition) is 2. The van der Waals surface area contributed by atoms with E-state index in [1.165, 1.54) is 0 Å². The van der Waals surface area contributed by atoms with Crippen LogP contribution in [0.1, 0.15) is 17.2 Å². The Balaban J connectivity index is 1.71. The van der Waals surface area contributed by atoms with Gasteiger partial charge in [-0.3, -0.25) is 4.79 Å². The SMILES string of the molecule is O=C(CNc1cccc(Br)c1)NC(c1ccccc1)c1ccccc1. The Labute approximate surface area is 156 Å². The zero-order valence-electron chi connectivity index (χ0n) is 13.7. The van der Waals surface area contributed by atoms with Crippen LogP contribution in [0, 0.1) is 0 Å². The van der Waals surface area contributed by atoms with Crippen molar-refractivity contribution < 1.29 is 4.79 Å². The van der Waals surface area contributed by atoms with Gasteiger partial charge in [-0.25, -0.2) is 0 Å². The van der Waals surface area contributed by atoms with Crippen LogP contribution < -0.4 is 10.6 Å². The van der Waals surface area contributed by atoms with Crippen molar-refractivity contribution in [3.63, 3.8) is 0 Å². The van der Waals surface area contributed by atoms with E-state index in [2.05, 4.69) is 26.6 Å². The van der Waals surface area contributed by atoms with E-state index in [0.29, 0.717) is 0 Å². The number of nitrogens with one attached hydrogen (secondary N) is 2. The van der Waals surface area contributed by atoms with E-state index in [1.807, 2.05) is 84.9 Å². The Kier molecular flexibility index (Phi) is 5.86. The molecule has 126 valence electrons. The fourth-order valence-electron chi connectivity index (χ4n) is 2.64. The lowest BCUT2D eigenvalue weighted by molar-refractivity contribution is -0.119. The van der Waals surface area contributed by atoms with Gasteiger partial charge in [0.05, 0.1) is 12.6 Å². The molecule has 3 rings (SSSR count). The molecular formula is C21H19BrN2O. The first kappa shape index (κ1) is 17.2. The first-order chi connectivity index (χ1) is 12.2. The Bertz CT molecular complexity index is 782. The number of benzene rings is 3. The highest BCUT2D eigenvalue weighted by atomic mass is 79.9. The van der Waals surface area contributed by atoms with Crippen LogP contribution >= 0.6 is 15.9 Å². The van der Waals surface area contributed by atoms with E-state index in [0.717, 1.165) is 21.3 Å². The van der Waals surface area contributed by atoms with Crippen LogP contribution in [-0.2, 0) is 4.79 Å². The van der Waals surface area contributed by atoms with Gasteiger partial charge >= 0.3 is 0 Å². The molecule has 0 aliphatic rings. The predicted octanol–water partition coefficient (Wildman–Crippen LogP) is 4.77. The first-order valence-corrected chi connectivity index (χ1v) is 8.90. The molecule has 0 aromatic heterocycles.